The topological polar surface area (TPSA) is 67.5 Å². The molecule has 0 aliphatic heterocycles. The first-order chi connectivity index (χ1) is 8.56. The van der Waals surface area contributed by atoms with Gasteiger partial charge in [-0.05, 0) is 29.8 Å². The molecule has 1 N–H and O–H groups in total. The van der Waals surface area contributed by atoms with Crippen LogP contribution >= 0.6 is 11.6 Å². The molecular formula is C12H9ClO4S. The molecular weight excluding hydrogens is 276 g/mol. The summed E-state index contributed by atoms with van der Waals surface area (Å²) in [5.41, 5.74) is 0.800. The summed E-state index contributed by atoms with van der Waals surface area (Å²) in [5.74, 6) is -1.17. The van der Waals surface area contributed by atoms with Crippen LogP contribution in [0.2, 0.25) is 5.02 Å². The first-order valence-electron chi connectivity index (χ1n) is 5.02. The predicted molar refractivity (Wildman–Crippen MR) is 67.2 cm³/mol. The highest BCUT2D eigenvalue weighted by Crippen LogP contribution is 2.18. The van der Waals surface area contributed by atoms with E-state index >= 15 is 0 Å². The Labute approximate surface area is 111 Å². The molecule has 0 saturated heterocycles. The molecule has 0 aliphatic rings. The number of rotatable bonds is 4. The number of carbonyl (C=O) groups is 1. The molecule has 6 heteroatoms. The summed E-state index contributed by atoms with van der Waals surface area (Å²) in [7, 11) is -1.43. The zero-order valence-corrected chi connectivity index (χ0v) is 10.7. The molecule has 0 saturated carbocycles. The van der Waals surface area contributed by atoms with Gasteiger partial charge in [0.2, 0.25) is 5.76 Å². The SMILES string of the molecule is O=C(O)c1ccc(S(=O)Cc2cccc(Cl)c2)o1. The summed E-state index contributed by atoms with van der Waals surface area (Å²) in [5, 5.41) is 9.41. The minimum Gasteiger partial charge on any atom is -0.475 e. The Kier molecular flexibility index (Phi) is 3.84. The molecule has 1 heterocycles. The molecule has 2 rings (SSSR count). The van der Waals surface area contributed by atoms with Gasteiger partial charge < -0.3 is 9.52 Å². The van der Waals surface area contributed by atoms with E-state index in [0.29, 0.717) is 5.02 Å². The summed E-state index contributed by atoms with van der Waals surface area (Å²) >= 11 is 5.82. The highest BCUT2D eigenvalue weighted by Gasteiger charge is 2.14. The number of carboxylic acid groups (broad SMARTS) is 1. The number of halogens is 1. The van der Waals surface area contributed by atoms with E-state index in [-0.39, 0.29) is 16.6 Å². The average Bonchev–Trinajstić information content (AvgIpc) is 2.78. The van der Waals surface area contributed by atoms with Crippen LogP contribution in [-0.4, -0.2) is 15.3 Å². The number of benzene rings is 1. The van der Waals surface area contributed by atoms with Gasteiger partial charge >= 0.3 is 5.97 Å². The maximum atomic E-state index is 11.9. The lowest BCUT2D eigenvalue weighted by Crippen LogP contribution is -1.96. The molecule has 0 amide bonds. The lowest BCUT2D eigenvalue weighted by molar-refractivity contribution is 0.0656. The Morgan fingerprint density at radius 2 is 2.11 bits per heavy atom. The van der Waals surface area contributed by atoms with Crippen molar-refractivity contribution in [3.05, 3.63) is 52.7 Å². The molecule has 1 aromatic heterocycles. The van der Waals surface area contributed by atoms with E-state index in [4.69, 9.17) is 21.1 Å². The minimum atomic E-state index is -1.43. The fourth-order valence-electron chi connectivity index (χ4n) is 1.41. The van der Waals surface area contributed by atoms with Crippen LogP contribution in [0.15, 0.2) is 45.9 Å². The maximum Gasteiger partial charge on any atom is 0.371 e. The second-order valence-electron chi connectivity index (χ2n) is 3.54. The van der Waals surface area contributed by atoms with Crippen LogP contribution in [0, 0.1) is 0 Å². The Morgan fingerprint density at radius 3 is 2.72 bits per heavy atom. The maximum absolute atomic E-state index is 11.9. The third kappa shape index (κ3) is 3.00. The van der Waals surface area contributed by atoms with Crippen molar-refractivity contribution in [3.8, 4) is 0 Å². The number of hydrogen-bond acceptors (Lipinski definition) is 3. The van der Waals surface area contributed by atoms with Gasteiger partial charge in [-0.3, -0.25) is 4.21 Å². The van der Waals surface area contributed by atoms with Gasteiger partial charge in [-0.2, -0.15) is 0 Å². The zero-order valence-electron chi connectivity index (χ0n) is 9.13. The van der Waals surface area contributed by atoms with Crippen LogP contribution in [0.4, 0.5) is 0 Å². The highest BCUT2D eigenvalue weighted by molar-refractivity contribution is 7.84. The van der Waals surface area contributed by atoms with Crippen molar-refractivity contribution in [2.24, 2.45) is 0 Å². The molecule has 0 radical (unpaired) electrons. The van der Waals surface area contributed by atoms with Crippen molar-refractivity contribution in [2.45, 2.75) is 10.8 Å². The summed E-state index contributed by atoms with van der Waals surface area (Å²) in [6.07, 6.45) is 0. The van der Waals surface area contributed by atoms with Crippen molar-refractivity contribution in [2.75, 3.05) is 0 Å². The molecule has 0 aliphatic carbocycles. The van der Waals surface area contributed by atoms with Gasteiger partial charge in [0.05, 0.1) is 16.6 Å². The lowest BCUT2D eigenvalue weighted by atomic mass is 10.2. The Bertz CT molecular complexity index is 606. The summed E-state index contributed by atoms with van der Waals surface area (Å²) in [4.78, 5) is 10.6. The van der Waals surface area contributed by atoms with Gasteiger partial charge in [0.25, 0.3) is 0 Å². The van der Waals surface area contributed by atoms with Crippen molar-refractivity contribution in [1.82, 2.24) is 0 Å². The lowest BCUT2D eigenvalue weighted by Gasteiger charge is -2.00. The second-order valence-corrected chi connectivity index (χ2v) is 5.36. The summed E-state index contributed by atoms with van der Waals surface area (Å²) < 4.78 is 16.9. The number of furan rings is 1. The summed E-state index contributed by atoms with van der Waals surface area (Å²) in [6, 6.07) is 9.69. The van der Waals surface area contributed by atoms with Gasteiger partial charge in [-0.15, -0.1) is 0 Å². The van der Waals surface area contributed by atoms with E-state index in [9.17, 15) is 9.00 Å². The molecule has 1 aromatic carbocycles. The van der Waals surface area contributed by atoms with Crippen molar-refractivity contribution in [3.63, 3.8) is 0 Å². The molecule has 0 spiro atoms. The Morgan fingerprint density at radius 1 is 1.33 bits per heavy atom. The quantitative estimate of drug-likeness (QED) is 0.937. The smallest absolute Gasteiger partial charge is 0.371 e. The fraction of sp³-hybridized carbons (Fsp3) is 0.0833. The standard InChI is InChI=1S/C12H9ClO4S/c13-9-3-1-2-8(6-9)7-18(16)11-5-4-10(17-11)12(14)15/h1-6H,7H2,(H,14,15). The van der Waals surface area contributed by atoms with Gasteiger partial charge in [0.15, 0.2) is 5.09 Å². The molecule has 1 atom stereocenters. The van der Waals surface area contributed by atoms with Crippen LogP contribution in [0.5, 0.6) is 0 Å². The number of carboxylic acids is 1. The second kappa shape index (κ2) is 5.37. The molecule has 18 heavy (non-hydrogen) atoms. The first kappa shape index (κ1) is 12.9. The van der Waals surface area contributed by atoms with Crippen molar-refractivity contribution >= 4 is 28.4 Å². The van der Waals surface area contributed by atoms with E-state index in [2.05, 4.69) is 0 Å². The Balaban J connectivity index is 2.14. The van der Waals surface area contributed by atoms with E-state index in [1.54, 1.807) is 24.3 Å². The number of hydrogen-bond donors (Lipinski definition) is 1. The van der Waals surface area contributed by atoms with Crippen molar-refractivity contribution < 1.29 is 18.5 Å². The zero-order chi connectivity index (χ0) is 13.1. The molecule has 0 fully saturated rings. The Hall–Kier alpha value is -1.59. The van der Waals surface area contributed by atoms with E-state index in [0.717, 1.165) is 5.56 Å². The van der Waals surface area contributed by atoms with E-state index in [1.807, 2.05) is 0 Å². The van der Waals surface area contributed by atoms with Crippen LogP contribution < -0.4 is 0 Å². The highest BCUT2D eigenvalue weighted by atomic mass is 35.5. The fourth-order valence-corrected chi connectivity index (χ4v) is 2.65. The monoisotopic (exact) mass is 284 g/mol. The van der Waals surface area contributed by atoms with Gasteiger partial charge in [0.1, 0.15) is 0 Å². The van der Waals surface area contributed by atoms with Crippen LogP contribution in [0.1, 0.15) is 16.1 Å². The van der Waals surface area contributed by atoms with Crippen LogP contribution in [0.25, 0.3) is 0 Å². The first-order valence-corrected chi connectivity index (χ1v) is 6.72. The average molecular weight is 285 g/mol. The molecule has 1 unspecified atom stereocenters. The van der Waals surface area contributed by atoms with Crippen molar-refractivity contribution in [1.29, 1.82) is 0 Å². The molecule has 2 aromatic rings. The van der Waals surface area contributed by atoms with Gasteiger partial charge in [-0.25, -0.2) is 4.79 Å². The predicted octanol–water partition coefficient (Wildman–Crippen LogP) is 2.94. The third-order valence-corrected chi connectivity index (χ3v) is 3.70. The normalized spacial score (nSPS) is 12.3. The van der Waals surface area contributed by atoms with Crippen LogP contribution in [0.3, 0.4) is 0 Å². The molecule has 4 nitrogen and oxygen atoms in total. The number of aromatic carboxylic acids is 1. The van der Waals surface area contributed by atoms with Crippen LogP contribution in [-0.2, 0) is 16.6 Å². The van der Waals surface area contributed by atoms with Gasteiger partial charge in [-0.1, -0.05) is 23.7 Å². The van der Waals surface area contributed by atoms with E-state index in [1.165, 1.54) is 12.1 Å². The largest absolute Gasteiger partial charge is 0.475 e. The molecule has 0 bridgehead atoms. The minimum absolute atomic E-state index is 0.146. The van der Waals surface area contributed by atoms with Gasteiger partial charge in [0, 0.05) is 5.02 Å². The third-order valence-electron chi connectivity index (χ3n) is 2.20. The van der Waals surface area contributed by atoms with E-state index < -0.39 is 16.8 Å². The summed E-state index contributed by atoms with van der Waals surface area (Å²) in [6.45, 7) is 0. The molecule has 94 valence electrons.